The molecule has 2 aromatic carbocycles. The van der Waals surface area contributed by atoms with Crippen LogP contribution < -0.4 is 5.32 Å². The van der Waals surface area contributed by atoms with Crippen molar-refractivity contribution in [2.45, 2.75) is 38.1 Å². The molecule has 0 spiro atoms. The number of hydrogen-bond donors (Lipinski definition) is 1. The highest BCUT2D eigenvalue weighted by molar-refractivity contribution is 5.92. The third-order valence-corrected chi connectivity index (χ3v) is 5.61. The first-order chi connectivity index (χ1) is 15.0. The summed E-state index contributed by atoms with van der Waals surface area (Å²) in [7, 11) is 0. The minimum absolute atomic E-state index is 0.0243. The number of amides is 2. The molecule has 0 saturated carbocycles. The van der Waals surface area contributed by atoms with Crippen LogP contribution in [0.1, 0.15) is 43.2 Å². The summed E-state index contributed by atoms with van der Waals surface area (Å²) in [4.78, 5) is 37.7. The highest BCUT2D eigenvalue weighted by atomic mass is 16.6. The smallest absolute Gasteiger partial charge is 0.276 e. The molecule has 31 heavy (non-hydrogen) atoms. The Bertz CT molecular complexity index is 950. The number of rotatable bonds is 7. The number of hydrogen-bond acceptors (Lipinski definition) is 4. The van der Waals surface area contributed by atoms with E-state index in [4.69, 9.17) is 0 Å². The Morgan fingerprint density at radius 1 is 1.13 bits per heavy atom. The van der Waals surface area contributed by atoms with E-state index >= 15 is 0 Å². The van der Waals surface area contributed by atoms with Crippen LogP contribution in [-0.2, 0) is 9.59 Å². The van der Waals surface area contributed by atoms with Crippen molar-refractivity contribution in [3.63, 3.8) is 0 Å². The van der Waals surface area contributed by atoms with E-state index in [1.807, 2.05) is 42.2 Å². The van der Waals surface area contributed by atoms with Crippen molar-refractivity contribution in [3.05, 3.63) is 81.9 Å². The van der Waals surface area contributed by atoms with Crippen LogP contribution in [0.4, 0.5) is 5.69 Å². The second-order valence-electron chi connectivity index (χ2n) is 7.63. The Labute approximate surface area is 181 Å². The number of benzene rings is 2. The monoisotopic (exact) mass is 421 g/mol. The lowest BCUT2D eigenvalue weighted by molar-refractivity contribution is -0.385. The first-order valence-corrected chi connectivity index (χ1v) is 10.5. The quantitative estimate of drug-likeness (QED) is 0.417. The van der Waals surface area contributed by atoms with Crippen LogP contribution in [0.5, 0.6) is 0 Å². The number of nitro groups is 1. The highest BCUT2D eigenvalue weighted by Gasteiger charge is 2.28. The van der Waals surface area contributed by atoms with Crippen LogP contribution in [0.15, 0.2) is 60.7 Å². The van der Waals surface area contributed by atoms with Crippen molar-refractivity contribution in [2.24, 2.45) is 0 Å². The SMILES string of the molecule is CCC(C(=O)N1CCC(NC(=O)/C=C/c2ccccc2[N+](=O)[O-])CC1)c1ccccc1. The van der Waals surface area contributed by atoms with Gasteiger partial charge in [0.2, 0.25) is 11.8 Å². The second-order valence-corrected chi connectivity index (χ2v) is 7.63. The van der Waals surface area contributed by atoms with Gasteiger partial charge in [-0.25, -0.2) is 0 Å². The molecule has 0 aliphatic carbocycles. The molecule has 1 aliphatic heterocycles. The molecular weight excluding hydrogens is 394 g/mol. The lowest BCUT2D eigenvalue weighted by Gasteiger charge is -2.34. The number of piperidine rings is 1. The van der Waals surface area contributed by atoms with Crippen molar-refractivity contribution in [2.75, 3.05) is 13.1 Å². The number of carbonyl (C=O) groups excluding carboxylic acids is 2. The maximum absolute atomic E-state index is 13.0. The number of likely N-dealkylation sites (tertiary alicyclic amines) is 1. The maximum Gasteiger partial charge on any atom is 0.276 e. The lowest BCUT2D eigenvalue weighted by atomic mass is 9.93. The molecule has 1 unspecified atom stereocenters. The number of carbonyl (C=O) groups is 2. The van der Waals surface area contributed by atoms with E-state index in [1.54, 1.807) is 18.2 Å². The summed E-state index contributed by atoms with van der Waals surface area (Å²) in [6.07, 6.45) is 4.89. The molecule has 7 heteroatoms. The van der Waals surface area contributed by atoms with Gasteiger partial charge in [-0.1, -0.05) is 49.4 Å². The Morgan fingerprint density at radius 2 is 1.77 bits per heavy atom. The molecule has 1 N–H and O–H groups in total. The fourth-order valence-electron chi connectivity index (χ4n) is 3.91. The Balaban J connectivity index is 1.52. The molecule has 2 aromatic rings. The van der Waals surface area contributed by atoms with Gasteiger partial charge < -0.3 is 10.2 Å². The summed E-state index contributed by atoms with van der Waals surface area (Å²) in [5.74, 6) is -0.301. The number of para-hydroxylation sites is 1. The van der Waals surface area contributed by atoms with Crippen LogP contribution in [0.2, 0.25) is 0 Å². The predicted molar refractivity (Wildman–Crippen MR) is 119 cm³/mol. The van der Waals surface area contributed by atoms with Gasteiger partial charge in [0.1, 0.15) is 0 Å². The van der Waals surface area contributed by atoms with E-state index in [2.05, 4.69) is 5.32 Å². The molecule has 1 fully saturated rings. The molecule has 162 valence electrons. The zero-order valence-corrected chi connectivity index (χ0v) is 17.6. The van der Waals surface area contributed by atoms with E-state index in [0.717, 1.165) is 12.0 Å². The van der Waals surface area contributed by atoms with Crippen LogP contribution >= 0.6 is 0 Å². The van der Waals surface area contributed by atoms with Gasteiger partial charge in [0.15, 0.2) is 0 Å². The highest BCUT2D eigenvalue weighted by Crippen LogP contribution is 2.24. The van der Waals surface area contributed by atoms with Crippen molar-refractivity contribution >= 4 is 23.6 Å². The second kappa shape index (κ2) is 10.5. The Morgan fingerprint density at radius 3 is 2.42 bits per heavy atom. The third-order valence-electron chi connectivity index (χ3n) is 5.61. The van der Waals surface area contributed by atoms with Crippen molar-refractivity contribution < 1.29 is 14.5 Å². The summed E-state index contributed by atoms with van der Waals surface area (Å²) < 4.78 is 0. The van der Waals surface area contributed by atoms with Gasteiger partial charge in [-0.05, 0) is 37.0 Å². The first kappa shape index (κ1) is 22.2. The van der Waals surface area contributed by atoms with Gasteiger partial charge in [-0.15, -0.1) is 0 Å². The standard InChI is InChI=1S/C24H27N3O4/c1-2-21(18-8-4-3-5-9-18)24(29)26-16-14-20(15-17-26)25-23(28)13-12-19-10-6-7-11-22(19)27(30)31/h3-13,20-21H,2,14-17H2,1H3,(H,25,28)/b13-12+. The zero-order chi connectivity index (χ0) is 22.2. The minimum atomic E-state index is -0.469. The molecule has 1 atom stereocenters. The largest absolute Gasteiger partial charge is 0.350 e. The molecule has 1 saturated heterocycles. The first-order valence-electron chi connectivity index (χ1n) is 10.5. The molecule has 2 amide bonds. The molecule has 0 radical (unpaired) electrons. The average molecular weight is 421 g/mol. The van der Waals surface area contributed by atoms with Gasteiger partial charge in [0, 0.05) is 31.3 Å². The van der Waals surface area contributed by atoms with Gasteiger partial charge in [0.25, 0.3) is 5.69 Å². The van der Waals surface area contributed by atoms with Crippen LogP contribution in [0.3, 0.4) is 0 Å². The van der Waals surface area contributed by atoms with E-state index in [9.17, 15) is 19.7 Å². The van der Waals surface area contributed by atoms with Crippen LogP contribution in [-0.4, -0.2) is 40.8 Å². The summed E-state index contributed by atoms with van der Waals surface area (Å²) >= 11 is 0. The van der Waals surface area contributed by atoms with Crippen molar-refractivity contribution in [1.82, 2.24) is 10.2 Å². The average Bonchev–Trinajstić information content (AvgIpc) is 2.79. The topological polar surface area (TPSA) is 92.6 Å². The summed E-state index contributed by atoms with van der Waals surface area (Å²) in [6, 6.07) is 16.1. The van der Waals surface area contributed by atoms with Gasteiger partial charge >= 0.3 is 0 Å². The fourth-order valence-corrected chi connectivity index (χ4v) is 3.91. The molecular formula is C24H27N3O4. The number of nitrogens with one attached hydrogen (secondary N) is 1. The Kier molecular flexibility index (Phi) is 7.54. The predicted octanol–water partition coefficient (Wildman–Crippen LogP) is 3.91. The molecule has 1 heterocycles. The molecule has 1 aliphatic rings. The normalized spacial score (nSPS) is 15.6. The van der Waals surface area contributed by atoms with E-state index < -0.39 is 4.92 Å². The number of nitro benzene ring substituents is 1. The van der Waals surface area contributed by atoms with Gasteiger partial charge in [-0.2, -0.15) is 0 Å². The van der Waals surface area contributed by atoms with Gasteiger partial charge in [0.05, 0.1) is 16.4 Å². The third kappa shape index (κ3) is 5.78. The van der Waals surface area contributed by atoms with Crippen molar-refractivity contribution in [1.29, 1.82) is 0 Å². The summed E-state index contributed by atoms with van der Waals surface area (Å²) in [5.41, 5.74) is 1.38. The fraction of sp³-hybridized carbons (Fsp3) is 0.333. The van der Waals surface area contributed by atoms with E-state index in [0.29, 0.717) is 31.5 Å². The molecule has 3 rings (SSSR count). The zero-order valence-electron chi connectivity index (χ0n) is 17.6. The van der Waals surface area contributed by atoms with E-state index in [-0.39, 0.29) is 29.5 Å². The maximum atomic E-state index is 13.0. The van der Waals surface area contributed by atoms with Gasteiger partial charge in [-0.3, -0.25) is 19.7 Å². The van der Waals surface area contributed by atoms with Crippen LogP contribution in [0.25, 0.3) is 6.08 Å². The van der Waals surface area contributed by atoms with E-state index in [1.165, 1.54) is 18.2 Å². The Hall–Kier alpha value is -3.48. The lowest BCUT2D eigenvalue weighted by Crippen LogP contribution is -2.47. The number of nitrogens with zero attached hydrogens (tertiary/aromatic N) is 2. The summed E-state index contributed by atoms with van der Waals surface area (Å²) in [5, 5.41) is 14.0. The molecule has 0 aromatic heterocycles. The molecule has 7 nitrogen and oxygen atoms in total. The van der Waals surface area contributed by atoms with Crippen LogP contribution in [0, 0.1) is 10.1 Å². The minimum Gasteiger partial charge on any atom is -0.350 e. The molecule has 0 bridgehead atoms. The summed E-state index contributed by atoms with van der Waals surface area (Å²) in [6.45, 7) is 3.22. The van der Waals surface area contributed by atoms with Crippen molar-refractivity contribution in [3.8, 4) is 0 Å².